The first-order valence-corrected chi connectivity index (χ1v) is 11.9. The van der Waals surface area contributed by atoms with Gasteiger partial charge in [-0.2, -0.15) is 0 Å². The number of thioether (sulfide) groups is 1. The number of carbonyl (C=O) groups excluding carboxylic acids is 1. The zero-order chi connectivity index (χ0) is 22.0. The molecular weight excluding hydrogens is 453 g/mol. The van der Waals surface area contributed by atoms with Crippen molar-refractivity contribution in [3.63, 3.8) is 0 Å². The molecule has 3 heterocycles. The second kappa shape index (κ2) is 9.59. The summed E-state index contributed by atoms with van der Waals surface area (Å²) in [6, 6.07) is 9.13. The van der Waals surface area contributed by atoms with E-state index in [0.717, 1.165) is 30.8 Å². The van der Waals surface area contributed by atoms with Gasteiger partial charge >= 0.3 is 0 Å². The van der Waals surface area contributed by atoms with Crippen LogP contribution in [0, 0.1) is 11.8 Å². The van der Waals surface area contributed by atoms with Crippen molar-refractivity contribution in [2.45, 2.75) is 25.4 Å². The third kappa shape index (κ3) is 5.05. The molecule has 1 aromatic carbocycles. The SMILES string of the molecule is CC1CC(C)CN(C(=O)CSc2nnc(-c3cccnc3)n2-c2ccc(Cl)c(Cl)c2)C1. The standard InChI is InChI=1S/C22H23Cl2N5OS/c1-14-8-15(2)12-28(11-14)20(30)13-31-22-27-26-21(16-4-3-7-25-10-16)29(22)17-5-6-18(23)19(24)9-17/h3-7,9-10,14-15H,8,11-13H2,1-2H3. The van der Waals surface area contributed by atoms with Crippen molar-refractivity contribution < 1.29 is 4.79 Å². The Labute approximate surface area is 196 Å². The predicted molar refractivity (Wildman–Crippen MR) is 125 cm³/mol. The van der Waals surface area contributed by atoms with Crippen molar-refractivity contribution in [1.82, 2.24) is 24.6 Å². The van der Waals surface area contributed by atoms with Gasteiger partial charge < -0.3 is 4.90 Å². The van der Waals surface area contributed by atoms with Crippen molar-refractivity contribution in [3.8, 4) is 17.1 Å². The van der Waals surface area contributed by atoms with Crippen molar-refractivity contribution >= 4 is 40.9 Å². The average molecular weight is 476 g/mol. The highest BCUT2D eigenvalue weighted by atomic mass is 35.5. The van der Waals surface area contributed by atoms with Gasteiger partial charge in [0.1, 0.15) is 0 Å². The molecule has 3 aromatic rings. The van der Waals surface area contributed by atoms with Crippen molar-refractivity contribution in [3.05, 3.63) is 52.8 Å². The Morgan fingerprint density at radius 3 is 2.58 bits per heavy atom. The van der Waals surface area contributed by atoms with Crippen LogP contribution in [0.5, 0.6) is 0 Å². The molecule has 0 N–H and O–H groups in total. The fourth-order valence-electron chi connectivity index (χ4n) is 3.99. The topological polar surface area (TPSA) is 63.9 Å². The van der Waals surface area contributed by atoms with E-state index in [4.69, 9.17) is 23.2 Å². The summed E-state index contributed by atoms with van der Waals surface area (Å²) >= 11 is 13.8. The number of halogens is 2. The number of benzene rings is 1. The van der Waals surface area contributed by atoms with E-state index in [-0.39, 0.29) is 5.91 Å². The average Bonchev–Trinajstić information content (AvgIpc) is 3.18. The maximum absolute atomic E-state index is 12.9. The zero-order valence-electron chi connectivity index (χ0n) is 17.3. The third-order valence-electron chi connectivity index (χ3n) is 5.26. The molecule has 1 aliphatic rings. The fraction of sp³-hybridized carbons (Fsp3) is 0.364. The molecular formula is C22H23Cl2N5OS. The summed E-state index contributed by atoms with van der Waals surface area (Å²) in [6.07, 6.45) is 4.60. The minimum Gasteiger partial charge on any atom is -0.341 e. The lowest BCUT2D eigenvalue weighted by molar-refractivity contribution is -0.130. The van der Waals surface area contributed by atoms with Gasteiger partial charge in [0.2, 0.25) is 5.91 Å². The summed E-state index contributed by atoms with van der Waals surface area (Å²) in [4.78, 5) is 19.0. The van der Waals surface area contributed by atoms with E-state index in [9.17, 15) is 4.79 Å². The van der Waals surface area contributed by atoms with E-state index >= 15 is 0 Å². The number of rotatable bonds is 5. The Kier molecular flexibility index (Phi) is 6.84. The van der Waals surface area contributed by atoms with Crippen molar-refractivity contribution in [1.29, 1.82) is 0 Å². The number of hydrogen-bond acceptors (Lipinski definition) is 5. The van der Waals surface area contributed by atoms with Gasteiger partial charge in [-0.25, -0.2) is 0 Å². The van der Waals surface area contributed by atoms with Crippen molar-refractivity contribution in [2.24, 2.45) is 11.8 Å². The highest BCUT2D eigenvalue weighted by Gasteiger charge is 2.26. The molecule has 2 atom stereocenters. The van der Waals surface area contributed by atoms with E-state index in [1.807, 2.05) is 27.7 Å². The summed E-state index contributed by atoms with van der Waals surface area (Å²) in [6.45, 7) is 6.02. The maximum Gasteiger partial charge on any atom is 0.233 e. The molecule has 0 radical (unpaired) electrons. The van der Waals surface area contributed by atoms with Crippen molar-refractivity contribution in [2.75, 3.05) is 18.8 Å². The van der Waals surface area contributed by atoms with Crippen LogP contribution in [0.15, 0.2) is 47.9 Å². The number of hydrogen-bond donors (Lipinski definition) is 0. The normalized spacial score (nSPS) is 18.9. The summed E-state index contributed by atoms with van der Waals surface area (Å²) in [5.74, 6) is 2.09. The first-order chi connectivity index (χ1) is 14.9. The van der Waals surface area contributed by atoms with Gasteiger partial charge in [0.25, 0.3) is 0 Å². The summed E-state index contributed by atoms with van der Waals surface area (Å²) in [7, 11) is 0. The third-order valence-corrected chi connectivity index (χ3v) is 6.91. The lowest BCUT2D eigenvalue weighted by atomic mass is 9.92. The zero-order valence-corrected chi connectivity index (χ0v) is 19.7. The van der Waals surface area contributed by atoms with Gasteiger partial charge in [-0.3, -0.25) is 14.3 Å². The predicted octanol–water partition coefficient (Wildman–Crippen LogP) is 5.23. The Balaban J connectivity index is 1.62. The molecule has 9 heteroatoms. The van der Waals surface area contributed by atoms with Crippen LogP contribution in [-0.4, -0.2) is 49.4 Å². The summed E-state index contributed by atoms with van der Waals surface area (Å²) < 4.78 is 1.89. The van der Waals surface area contributed by atoms with Gasteiger partial charge in [0.05, 0.1) is 21.5 Å². The molecule has 4 rings (SSSR count). The summed E-state index contributed by atoms with van der Waals surface area (Å²) in [5.41, 5.74) is 1.59. The molecule has 31 heavy (non-hydrogen) atoms. The van der Waals surface area contributed by atoms with E-state index in [1.165, 1.54) is 11.8 Å². The molecule has 162 valence electrons. The van der Waals surface area contributed by atoms with Gasteiger partial charge in [0, 0.05) is 31.0 Å². The van der Waals surface area contributed by atoms with E-state index in [2.05, 4.69) is 29.0 Å². The number of carbonyl (C=O) groups is 1. The number of likely N-dealkylation sites (tertiary alicyclic amines) is 1. The molecule has 2 aromatic heterocycles. The Morgan fingerprint density at radius 2 is 1.90 bits per heavy atom. The van der Waals surface area contributed by atoms with Crippen LogP contribution in [0.2, 0.25) is 10.0 Å². The quantitative estimate of drug-likeness (QED) is 0.472. The summed E-state index contributed by atoms with van der Waals surface area (Å²) in [5, 5.41) is 10.3. The van der Waals surface area contributed by atoms with Crippen LogP contribution in [0.25, 0.3) is 17.1 Å². The molecule has 6 nitrogen and oxygen atoms in total. The molecule has 0 aliphatic carbocycles. The molecule has 1 amide bonds. The highest BCUT2D eigenvalue weighted by molar-refractivity contribution is 7.99. The second-order valence-electron chi connectivity index (χ2n) is 8.02. The number of pyridine rings is 1. The first-order valence-electron chi connectivity index (χ1n) is 10.1. The fourth-order valence-corrected chi connectivity index (χ4v) is 5.13. The Bertz CT molecular complexity index is 1070. The minimum atomic E-state index is 0.120. The van der Waals surface area contributed by atoms with Crippen LogP contribution in [0.3, 0.4) is 0 Å². The molecule has 1 saturated heterocycles. The maximum atomic E-state index is 12.9. The molecule has 1 aliphatic heterocycles. The van der Waals surface area contributed by atoms with Gasteiger partial charge in [-0.05, 0) is 48.6 Å². The minimum absolute atomic E-state index is 0.120. The lowest BCUT2D eigenvalue weighted by Gasteiger charge is -2.34. The number of nitrogens with zero attached hydrogens (tertiary/aromatic N) is 5. The molecule has 0 saturated carbocycles. The number of piperidine rings is 1. The second-order valence-corrected chi connectivity index (χ2v) is 9.77. The molecule has 0 bridgehead atoms. The van der Waals surface area contributed by atoms with Gasteiger partial charge in [-0.15, -0.1) is 10.2 Å². The van der Waals surface area contributed by atoms with Crippen LogP contribution in [0.4, 0.5) is 0 Å². The van der Waals surface area contributed by atoms with E-state index in [0.29, 0.717) is 38.6 Å². The van der Waals surface area contributed by atoms with Crippen LogP contribution >= 0.6 is 35.0 Å². The number of aromatic nitrogens is 4. The van der Waals surface area contributed by atoms with E-state index in [1.54, 1.807) is 24.5 Å². The molecule has 2 unspecified atom stereocenters. The highest BCUT2D eigenvalue weighted by Crippen LogP contribution is 2.31. The largest absolute Gasteiger partial charge is 0.341 e. The number of amides is 1. The molecule has 0 spiro atoms. The van der Waals surface area contributed by atoms with E-state index < -0.39 is 0 Å². The smallest absolute Gasteiger partial charge is 0.233 e. The van der Waals surface area contributed by atoms with Gasteiger partial charge in [0.15, 0.2) is 11.0 Å². The Morgan fingerprint density at radius 1 is 1.13 bits per heavy atom. The molecule has 1 fully saturated rings. The first kappa shape index (κ1) is 22.1. The monoisotopic (exact) mass is 475 g/mol. The van der Waals surface area contributed by atoms with Crippen LogP contribution in [0.1, 0.15) is 20.3 Å². The Hall–Kier alpha value is -2.09. The van der Waals surface area contributed by atoms with Crippen LogP contribution < -0.4 is 0 Å². The lowest BCUT2D eigenvalue weighted by Crippen LogP contribution is -2.43. The van der Waals surface area contributed by atoms with Gasteiger partial charge in [-0.1, -0.05) is 48.8 Å². The van der Waals surface area contributed by atoms with Crippen LogP contribution in [-0.2, 0) is 4.79 Å².